The maximum absolute atomic E-state index is 12.2. The number of carbonyl (C=O) groups is 1. The van der Waals surface area contributed by atoms with Crippen LogP contribution in [-0.4, -0.2) is 16.0 Å². The van der Waals surface area contributed by atoms with Crippen LogP contribution < -0.4 is 11.1 Å². The lowest BCUT2D eigenvalue weighted by atomic mass is 10.1. The maximum Gasteiger partial charge on any atom is 0.259 e. The van der Waals surface area contributed by atoms with Gasteiger partial charge in [0.05, 0.1) is 16.3 Å². The van der Waals surface area contributed by atoms with Crippen molar-refractivity contribution in [3.63, 3.8) is 0 Å². The molecule has 2 rings (SSSR count). The molecule has 0 spiro atoms. The third-order valence-corrected chi connectivity index (χ3v) is 3.53. The minimum Gasteiger partial charge on any atom is -0.507 e. The van der Waals surface area contributed by atoms with Gasteiger partial charge in [0, 0.05) is 5.56 Å². The van der Waals surface area contributed by atoms with Gasteiger partial charge in [0.2, 0.25) is 0 Å². The minimum absolute atomic E-state index is 0.0501. The Bertz CT molecular complexity index is 732. The number of nitrogens with one attached hydrogen (secondary N) is 1. The second kappa shape index (κ2) is 6.11. The van der Waals surface area contributed by atoms with Crippen LogP contribution in [0.3, 0.4) is 0 Å². The van der Waals surface area contributed by atoms with Crippen LogP contribution in [0.5, 0.6) is 5.75 Å². The number of hydrogen-bond donors (Lipinski definition) is 3. The summed E-state index contributed by atoms with van der Waals surface area (Å²) >= 11 is 10.9. The van der Waals surface area contributed by atoms with Crippen LogP contribution in [0.4, 0.5) is 5.69 Å². The Kier molecular flexibility index (Phi) is 4.45. The summed E-state index contributed by atoms with van der Waals surface area (Å²) in [4.78, 5) is 12.4. The summed E-state index contributed by atoms with van der Waals surface area (Å²) in [7, 11) is 0. The largest absolute Gasteiger partial charge is 0.507 e. The van der Waals surface area contributed by atoms with Crippen LogP contribution in [0, 0.1) is 6.92 Å². The Morgan fingerprint density at radius 3 is 2.67 bits per heavy atom. The van der Waals surface area contributed by atoms with Gasteiger partial charge < -0.3 is 16.2 Å². The van der Waals surface area contributed by atoms with Gasteiger partial charge in [-0.25, -0.2) is 0 Å². The van der Waals surface area contributed by atoms with E-state index in [0.717, 1.165) is 0 Å². The van der Waals surface area contributed by atoms with E-state index in [-0.39, 0.29) is 16.3 Å². The second-order valence-electron chi connectivity index (χ2n) is 4.48. The highest BCUT2D eigenvalue weighted by molar-refractivity contribution is 7.80. The van der Waals surface area contributed by atoms with Crippen molar-refractivity contribution >= 4 is 40.4 Å². The molecule has 0 aliphatic rings. The second-order valence-corrected chi connectivity index (χ2v) is 5.33. The first-order valence-electron chi connectivity index (χ1n) is 6.09. The van der Waals surface area contributed by atoms with Crippen LogP contribution in [0.25, 0.3) is 0 Å². The summed E-state index contributed by atoms with van der Waals surface area (Å²) in [6.45, 7) is 1.72. The lowest BCUT2D eigenvalue weighted by molar-refractivity contribution is 0.102. The van der Waals surface area contributed by atoms with Gasteiger partial charge in [-0.05, 0) is 36.8 Å². The van der Waals surface area contributed by atoms with Crippen molar-refractivity contribution in [2.75, 3.05) is 5.32 Å². The topological polar surface area (TPSA) is 75.4 Å². The van der Waals surface area contributed by atoms with Gasteiger partial charge in [0.15, 0.2) is 0 Å². The average Bonchev–Trinajstić information content (AvgIpc) is 2.43. The van der Waals surface area contributed by atoms with E-state index in [0.29, 0.717) is 21.8 Å². The van der Waals surface area contributed by atoms with Gasteiger partial charge in [-0.15, -0.1) is 0 Å². The smallest absolute Gasteiger partial charge is 0.259 e. The number of phenols is 1. The number of phenolic OH excluding ortho intramolecular Hbond substituents is 1. The number of aryl methyl sites for hydroxylation is 1. The minimum atomic E-state index is -0.443. The number of rotatable bonds is 3. The van der Waals surface area contributed by atoms with Gasteiger partial charge in [-0.2, -0.15) is 0 Å². The predicted octanol–water partition coefficient (Wildman–Crippen LogP) is 3.24. The monoisotopic (exact) mass is 320 g/mol. The molecule has 0 fully saturated rings. The molecule has 6 heteroatoms. The van der Waals surface area contributed by atoms with Gasteiger partial charge in [0.25, 0.3) is 5.91 Å². The van der Waals surface area contributed by atoms with Crippen molar-refractivity contribution in [1.82, 2.24) is 0 Å². The third kappa shape index (κ3) is 3.32. The number of anilines is 1. The van der Waals surface area contributed by atoms with Crippen LogP contribution in [0.2, 0.25) is 5.02 Å². The number of para-hydroxylation sites is 1. The van der Waals surface area contributed by atoms with E-state index in [4.69, 9.17) is 29.6 Å². The molecule has 0 saturated heterocycles. The number of thiocarbonyl (C=S) groups is 1. The number of aromatic hydroxyl groups is 1. The molecule has 21 heavy (non-hydrogen) atoms. The molecular weight excluding hydrogens is 308 g/mol. The molecular formula is C15H13ClN2O2S. The molecule has 4 N–H and O–H groups in total. The molecule has 0 radical (unpaired) electrons. The molecule has 0 unspecified atom stereocenters. The van der Waals surface area contributed by atoms with E-state index < -0.39 is 5.91 Å². The van der Waals surface area contributed by atoms with Crippen LogP contribution in [-0.2, 0) is 0 Å². The van der Waals surface area contributed by atoms with E-state index >= 15 is 0 Å². The van der Waals surface area contributed by atoms with E-state index in [2.05, 4.69) is 5.32 Å². The summed E-state index contributed by atoms with van der Waals surface area (Å²) in [5.41, 5.74) is 7.36. The molecule has 108 valence electrons. The van der Waals surface area contributed by atoms with Gasteiger partial charge >= 0.3 is 0 Å². The first kappa shape index (κ1) is 15.3. The molecule has 0 aliphatic carbocycles. The maximum atomic E-state index is 12.2. The van der Waals surface area contributed by atoms with E-state index in [1.807, 2.05) is 0 Å². The Morgan fingerprint density at radius 2 is 2.05 bits per heavy atom. The molecule has 2 aromatic carbocycles. The zero-order valence-corrected chi connectivity index (χ0v) is 12.8. The predicted molar refractivity (Wildman–Crippen MR) is 88.1 cm³/mol. The summed E-state index contributed by atoms with van der Waals surface area (Å²) in [5.74, 6) is -0.493. The fourth-order valence-corrected chi connectivity index (χ4v) is 2.16. The summed E-state index contributed by atoms with van der Waals surface area (Å²) in [6.07, 6.45) is 0. The fraction of sp³-hybridized carbons (Fsp3) is 0.0667. The lowest BCUT2D eigenvalue weighted by Crippen LogP contribution is -2.14. The van der Waals surface area contributed by atoms with Crippen LogP contribution >= 0.6 is 23.8 Å². The van der Waals surface area contributed by atoms with Crippen LogP contribution in [0.15, 0.2) is 36.4 Å². The molecule has 4 nitrogen and oxygen atoms in total. The molecule has 0 heterocycles. The molecule has 0 bridgehead atoms. The van der Waals surface area contributed by atoms with Crippen molar-refractivity contribution in [2.24, 2.45) is 5.73 Å². The van der Waals surface area contributed by atoms with Gasteiger partial charge in [-0.1, -0.05) is 36.0 Å². The van der Waals surface area contributed by atoms with Crippen molar-refractivity contribution in [1.29, 1.82) is 0 Å². The zero-order chi connectivity index (χ0) is 15.6. The molecule has 0 atom stereocenters. The number of amides is 1. The molecule has 1 amide bonds. The highest BCUT2D eigenvalue weighted by atomic mass is 35.5. The highest BCUT2D eigenvalue weighted by Gasteiger charge is 2.14. The number of nitrogens with two attached hydrogens (primary N) is 1. The Balaban J connectivity index is 2.28. The zero-order valence-electron chi connectivity index (χ0n) is 11.2. The number of benzene rings is 2. The van der Waals surface area contributed by atoms with Crippen molar-refractivity contribution in [3.05, 3.63) is 58.1 Å². The molecule has 0 aliphatic heterocycles. The summed E-state index contributed by atoms with van der Waals surface area (Å²) < 4.78 is 0. The van der Waals surface area contributed by atoms with Crippen molar-refractivity contribution in [3.8, 4) is 5.75 Å². The van der Waals surface area contributed by atoms with Crippen molar-refractivity contribution in [2.45, 2.75) is 6.92 Å². The van der Waals surface area contributed by atoms with E-state index in [1.54, 1.807) is 37.3 Å². The standard InChI is InChI=1S/C15H13ClN2O2S/c1-8-3-2-4-10(13(8)19)15(20)18-12-6-5-9(14(17)21)7-11(12)16/h2-7,19H,1H3,(H2,17,21)(H,18,20). The fourth-order valence-electron chi connectivity index (χ4n) is 1.80. The van der Waals surface area contributed by atoms with Crippen molar-refractivity contribution < 1.29 is 9.90 Å². The molecule has 0 saturated carbocycles. The SMILES string of the molecule is Cc1cccc(C(=O)Nc2ccc(C(N)=S)cc2Cl)c1O. The first-order valence-corrected chi connectivity index (χ1v) is 6.88. The summed E-state index contributed by atoms with van der Waals surface area (Å²) in [5, 5.41) is 12.9. The number of hydrogen-bond acceptors (Lipinski definition) is 3. The molecule has 0 aromatic heterocycles. The average molecular weight is 321 g/mol. The van der Waals surface area contributed by atoms with E-state index in [9.17, 15) is 9.90 Å². The Morgan fingerprint density at radius 1 is 1.33 bits per heavy atom. The Labute approximate surface area is 132 Å². The van der Waals surface area contributed by atoms with E-state index in [1.165, 1.54) is 6.07 Å². The number of carbonyl (C=O) groups excluding carboxylic acids is 1. The molecule has 2 aromatic rings. The quantitative estimate of drug-likeness (QED) is 0.759. The van der Waals surface area contributed by atoms with Gasteiger partial charge in [-0.3, -0.25) is 4.79 Å². The summed E-state index contributed by atoms with van der Waals surface area (Å²) in [6, 6.07) is 9.81. The first-order chi connectivity index (χ1) is 9.90. The highest BCUT2D eigenvalue weighted by Crippen LogP contribution is 2.26. The van der Waals surface area contributed by atoms with Crippen LogP contribution in [0.1, 0.15) is 21.5 Å². The number of halogens is 1. The third-order valence-electron chi connectivity index (χ3n) is 2.98. The lowest BCUT2D eigenvalue weighted by Gasteiger charge is -2.10. The normalized spacial score (nSPS) is 10.2. The van der Waals surface area contributed by atoms with Gasteiger partial charge in [0.1, 0.15) is 10.7 Å². The Hall–Kier alpha value is -2.11.